The molecule has 1 radical (unpaired) electrons. The van der Waals surface area contributed by atoms with Gasteiger partial charge in [-0.2, -0.15) is 0 Å². The Bertz CT molecular complexity index is 30.5. The van der Waals surface area contributed by atoms with Crippen LogP contribution < -0.4 is 0 Å². The molecule has 0 bridgehead atoms. The zero-order valence-electron chi connectivity index (χ0n) is 3.83. The molecule has 0 amide bonds. The molecule has 0 atom stereocenters. The van der Waals surface area contributed by atoms with Crippen LogP contribution in [0.3, 0.4) is 0 Å². The number of halogens is 1. The minimum atomic E-state index is 0.917. The van der Waals surface area contributed by atoms with E-state index >= 15 is 0 Å². The molecule has 2 heteroatoms. The monoisotopic (exact) mass is 237 g/mol. The molecule has 0 aromatic carbocycles. The first-order chi connectivity index (χ1) is 2.73. The van der Waals surface area contributed by atoms with E-state index in [9.17, 15) is 0 Å². The van der Waals surface area contributed by atoms with Gasteiger partial charge in [0.15, 0.2) is 0 Å². The van der Waals surface area contributed by atoms with Crippen LogP contribution in [0.4, 0.5) is 0 Å². The molecule has 0 unspecified atom stereocenters. The molecule has 0 rings (SSSR count). The van der Waals surface area contributed by atoms with E-state index in [1.165, 1.54) is 0 Å². The second-order valence-corrected chi connectivity index (χ2v) is 1.08. The van der Waals surface area contributed by atoms with Crippen LogP contribution in [0.1, 0.15) is 13.8 Å². The van der Waals surface area contributed by atoms with Gasteiger partial charge in [-0.1, -0.05) is 12.2 Å². The SMILES string of the molecule is [CH]=C(C)C.[Mn][I]. The van der Waals surface area contributed by atoms with Crippen LogP contribution in [0.2, 0.25) is 0 Å². The van der Waals surface area contributed by atoms with Crippen LogP contribution in [0.5, 0.6) is 0 Å². The molecule has 0 heterocycles. The Kier molecular flexibility index (Phi) is 15.7. The molecule has 0 saturated carbocycles. The van der Waals surface area contributed by atoms with Gasteiger partial charge in [-0.15, -0.1) is 0 Å². The first-order valence-corrected chi connectivity index (χ1v) is 5.24. The normalized spacial score (nSPS) is 5.33. The maximum absolute atomic E-state index is 5.03. The topological polar surface area (TPSA) is 0 Å². The van der Waals surface area contributed by atoms with Crippen molar-refractivity contribution in [2.75, 3.05) is 0 Å². The van der Waals surface area contributed by atoms with Crippen LogP contribution >= 0.6 is 20.3 Å². The van der Waals surface area contributed by atoms with Gasteiger partial charge in [0.25, 0.3) is 0 Å². The van der Waals surface area contributed by atoms with Crippen molar-refractivity contribution >= 4 is 20.3 Å². The summed E-state index contributed by atoms with van der Waals surface area (Å²) in [5.74, 6) is 0. The maximum atomic E-state index is 5.03. The van der Waals surface area contributed by atoms with Gasteiger partial charge in [-0.3, -0.25) is 0 Å². The fourth-order valence-electron chi connectivity index (χ4n) is 0. The molecule has 0 spiro atoms. The van der Waals surface area contributed by atoms with Crippen LogP contribution in [-0.2, 0) is 12.8 Å². The zero-order valence-corrected chi connectivity index (χ0v) is 7.17. The molecule has 0 aromatic heterocycles. The van der Waals surface area contributed by atoms with Crippen molar-refractivity contribution in [3.63, 3.8) is 0 Å². The molecule has 0 nitrogen and oxygen atoms in total. The summed E-state index contributed by atoms with van der Waals surface area (Å²) in [5, 5.41) is 0. The van der Waals surface area contributed by atoms with Gasteiger partial charge in [-0.05, 0) is 13.8 Å². The van der Waals surface area contributed by atoms with Gasteiger partial charge >= 0.3 is 33.1 Å². The quantitative estimate of drug-likeness (QED) is 0.447. The minimum absolute atomic E-state index is 0.917. The fraction of sp³-hybridized carbons (Fsp3) is 0.500. The molecule has 0 aliphatic rings. The van der Waals surface area contributed by atoms with Gasteiger partial charge in [0, 0.05) is 0 Å². The predicted octanol–water partition coefficient (Wildman–Crippen LogP) is 2.27. The summed E-state index contributed by atoms with van der Waals surface area (Å²) in [6.45, 7) is 8.75. The first-order valence-electron chi connectivity index (χ1n) is 1.43. The standard InChI is InChI=1S/C4H7.HI.Mn/c1-4(2)3;;/h1H,2-3H3;1H;/q;;+1/p-1. The fourth-order valence-corrected chi connectivity index (χ4v) is 0. The number of hydrogen-bond acceptors (Lipinski definition) is 0. The molecule has 0 aliphatic carbocycles. The molecule has 0 aliphatic heterocycles. The van der Waals surface area contributed by atoms with Crippen molar-refractivity contribution in [2.24, 2.45) is 0 Å². The Morgan fingerprint density at radius 2 is 1.50 bits per heavy atom. The van der Waals surface area contributed by atoms with Crippen LogP contribution in [-0.4, -0.2) is 0 Å². The predicted molar refractivity (Wildman–Crippen MR) is 33.2 cm³/mol. The third-order valence-electron chi connectivity index (χ3n) is 0. The van der Waals surface area contributed by atoms with E-state index in [2.05, 4.69) is 12.8 Å². The van der Waals surface area contributed by atoms with Gasteiger partial charge in [0.1, 0.15) is 0 Å². The van der Waals surface area contributed by atoms with Crippen molar-refractivity contribution in [1.82, 2.24) is 0 Å². The zero-order chi connectivity index (χ0) is 5.58. The second-order valence-electron chi connectivity index (χ2n) is 1.08. The van der Waals surface area contributed by atoms with Crippen LogP contribution in [0.25, 0.3) is 0 Å². The van der Waals surface area contributed by atoms with E-state index < -0.39 is 0 Å². The third kappa shape index (κ3) is 81.1. The summed E-state index contributed by atoms with van der Waals surface area (Å²) in [6, 6.07) is 0. The first kappa shape index (κ1) is 10.1. The van der Waals surface area contributed by atoms with Gasteiger partial charge < -0.3 is 0 Å². The van der Waals surface area contributed by atoms with Crippen LogP contribution in [0, 0.1) is 6.58 Å². The van der Waals surface area contributed by atoms with E-state index in [4.69, 9.17) is 6.58 Å². The van der Waals surface area contributed by atoms with E-state index in [0.29, 0.717) is 0 Å². The Morgan fingerprint density at radius 3 is 1.50 bits per heavy atom. The average Bonchev–Trinajstić information content (AvgIpc) is 1.41. The number of hydrogen-bond donors (Lipinski definition) is 0. The Labute approximate surface area is 58.9 Å². The molecular formula is C4H7IMn. The number of rotatable bonds is 0. The molecule has 0 aromatic rings. The van der Waals surface area contributed by atoms with Crippen molar-refractivity contribution in [3.05, 3.63) is 12.2 Å². The average molecular weight is 237 g/mol. The van der Waals surface area contributed by atoms with Crippen molar-refractivity contribution in [2.45, 2.75) is 13.8 Å². The van der Waals surface area contributed by atoms with E-state index in [0.717, 1.165) is 5.57 Å². The summed E-state index contributed by atoms with van der Waals surface area (Å²) >= 11 is 4.87. The molecule has 37 valence electrons. The molecule has 0 saturated heterocycles. The summed E-state index contributed by atoms with van der Waals surface area (Å²) in [5.41, 5.74) is 0.917. The molecular weight excluding hydrogens is 230 g/mol. The van der Waals surface area contributed by atoms with E-state index in [1.54, 1.807) is 0 Å². The van der Waals surface area contributed by atoms with Gasteiger partial charge in [0.2, 0.25) is 0 Å². The third-order valence-corrected chi connectivity index (χ3v) is 0. The molecule has 0 N–H and O–H groups in total. The summed E-state index contributed by atoms with van der Waals surface area (Å²) < 4.78 is 0. The van der Waals surface area contributed by atoms with E-state index in [1.807, 2.05) is 34.2 Å². The second kappa shape index (κ2) is 9.37. The summed E-state index contributed by atoms with van der Waals surface area (Å²) in [7, 11) is 0. The van der Waals surface area contributed by atoms with Gasteiger partial charge in [-0.25, -0.2) is 0 Å². The molecule has 0 fully saturated rings. The molecule has 6 heavy (non-hydrogen) atoms. The number of allylic oxidation sites excluding steroid dienone is 1. The van der Waals surface area contributed by atoms with E-state index in [-0.39, 0.29) is 0 Å². The summed E-state index contributed by atoms with van der Waals surface area (Å²) in [4.78, 5) is 0. The Morgan fingerprint density at radius 1 is 1.50 bits per heavy atom. The summed E-state index contributed by atoms with van der Waals surface area (Å²) in [6.07, 6.45) is 0. The van der Waals surface area contributed by atoms with Crippen LogP contribution in [0.15, 0.2) is 5.57 Å². The Hall–Kier alpha value is 0.989. The van der Waals surface area contributed by atoms with Crippen molar-refractivity contribution < 1.29 is 12.8 Å². The van der Waals surface area contributed by atoms with Crippen molar-refractivity contribution in [3.8, 4) is 0 Å². The van der Waals surface area contributed by atoms with Gasteiger partial charge in [0.05, 0.1) is 0 Å². The Balaban J connectivity index is 0. The van der Waals surface area contributed by atoms with Crippen molar-refractivity contribution in [1.29, 1.82) is 0 Å².